The van der Waals surface area contributed by atoms with E-state index in [4.69, 9.17) is 0 Å². The molecule has 0 unspecified atom stereocenters. The smallest absolute Gasteiger partial charge is 0.313 e. The molecule has 2 N–H and O–H groups in total. The van der Waals surface area contributed by atoms with E-state index in [-0.39, 0.29) is 6.04 Å². The molecule has 1 aromatic heterocycles. The van der Waals surface area contributed by atoms with Crippen molar-refractivity contribution < 1.29 is 9.59 Å². The average molecular weight is 361 g/mol. The minimum absolute atomic E-state index is 0.0364. The van der Waals surface area contributed by atoms with E-state index in [2.05, 4.69) is 32.8 Å². The minimum atomic E-state index is -0.657. The number of hydrogen-bond donors (Lipinski definition) is 2. The van der Waals surface area contributed by atoms with Gasteiger partial charge in [0.05, 0.1) is 6.54 Å². The van der Waals surface area contributed by atoms with Crippen molar-refractivity contribution in [3.05, 3.63) is 77.9 Å². The van der Waals surface area contributed by atoms with Crippen LogP contribution in [0.1, 0.15) is 16.7 Å². The number of nitrogens with one attached hydrogen (secondary N) is 2. The highest BCUT2D eigenvalue weighted by molar-refractivity contribution is 6.39. The fourth-order valence-corrected chi connectivity index (χ4v) is 3.29. The molecule has 7 heteroatoms. The summed E-state index contributed by atoms with van der Waals surface area (Å²) in [5, 5.41) is 9.51. The van der Waals surface area contributed by atoms with E-state index in [0.717, 1.165) is 18.4 Å². The van der Waals surface area contributed by atoms with E-state index in [9.17, 15) is 9.59 Å². The van der Waals surface area contributed by atoms with Crippen molar-refractivity contribution in [3.8, 4) is 0 Å². The summed E-state index contributed by atoms with van der Waals surface area (Å²) in [7, 11) is 0. The standard InChI is InChI=1S/C20H19N5O2/c26-19(20(27)24-18-9-15-3-1-2-4-16(15)10-18)23-17-7-5-14(6-8-17)11-25-13-21-12-22-25/h1-8,12-13,18H,9-11H2,(H,23,26)(H,24,27). The van der Waals surface area contributed by atoms with Crippen LogP contribution in [0.2, 0.25) is 0 Å². The maximum atomic E-state index is 12.2. The molecule has 0 bridgehead atoms. The Bertz CT molecular complexity index is 926. The lowest BCUT2D eigenvalue weighted by molar-refractivity contribution is -0.136. The minimum Gasteiger partial charge on any atom is -0.344 e. The fraction of sp³-hybridized carbons (Fsp3) is 0.200. The van der Waals surface area contributed by atoms with Crippen molar-refractivity contribution in [3.63, 3.8) is 0 Å². The third kappa shape index (κ3) is 4.03. The molecule has 4 rings (SSSR count). The average Bonchev–Trinajstić information content (AvgIpc) is 3.32. The first-order valence-electron chi connectivity index (χ1n) is 8.77. The number of carbonyl (C=O) groups excluding carboxylic acids is 2. The third-order valence-corrected chi connectivity index (χ3v) is 4.62. The topological polar surface area (TPSA) is 88.9 Å². The second kappa shape index (κ2) is 7.41. The second-order valence-corrected chi connectivity index (χ2v) is 6.59. The summed E-state index contributed by atoms with van der Waals surface area (Å²) in [5.41, 5.74) is 4.05. The van der Waals surface area contributed by atoms with Crippen molar-refractivity contribution in [2.75, 3.05) is 5.32 Å². The van der Waals surface area contributed by atoms with E-state index in [1.165, 1.54) is 17.5 Å². The summed E-state index contributed by atoms with van der Waals surface area (Å²) in [5.74, 6) is -1.27. The molecular weight excluding hydrogens is 342 g/mol. The molecule has 0 radical (unpaired) electrons. The number of nitrogens with zero attached hydrogens (tertiary/aromatic N) is 3. The van der Waals surface area contributed by atoms with Crippen LogP contribution in [-0.4, -0.2) is 32.6 Å². The Balaban J connectivity index is 1.30. The number of carbonyl (C=O) groups is 2. The first kappa shape index (κ1) is 17.0. The molecule has 0 aliphatic heterocycles. The Kier molecular flexibility index (Phi) is 4.65. The number of benzene rings is 2. The van der Waals surface area contributed by atoms with Crippen molar-refractivity contribution in [1.29, 1.82) is 0 Å². The van der Waals surface area contributed by atoms with Gasteiger partial charge in [0.15, 0.2) is 0 Å². The van der Waals surface area contributed by atoms with Crippen LogP contribution in [0.3, 0.4) is 0 Å². The molecule has 7 nitrogen and oxygen atoms in total. The lowest BCUT2D eigenvalue weighted by atomic mass is 10.1. The first-order valence-corrected chi connectivity index (χ1v) is 8.77. The van der Waals surface area contributed by atoms with Gasteiger partial charge in [0, 0.05) is 11.7 Å². The van der Waals surface area contributed by atoms with Gasteiger partial charge in [-0.15, -0.1) is 0 Å². The molecule has 0 fully saturated rings. The molecular formula is C20H19N5O2. The van der Waals surface area contributed by atoms with Crippen LogP contribution in [-0.2, 0) is 29.0 Å². The Morgan fingerprint density at radius 2 is 1.70 bits per heavy atom. The summed E-state index contributed by atoms with van der Waals surface area (Å²) in [4.78, 5) is 28.3. The predicted molar refractivity (Wildman–Crippen MR) is 100.0 cm³/mol. The van der Waals surface area contributed by atoms with Crippen LogP contribution in [0.5, 0.6) is 0 Å². The van der Waals surface area contributed by atoms with E-state index in [0.29, 0.717) is 12.2 Å². The quantitative estimate of drug-likeness (QED) is 0.690. The van der Waals surface area contributed by atoms with Crippen molar-refractivity contribution in [2.24, 2.45) is 0 Å². The molecule has 1 heterocycles. The normalized spacial score (nSPS) is 13.2. The highest BCUT2D eigenvalue weighted by Gasteiger charge is 2.25. The van der Waals surface area contributed by atoms with Crippen LogP contribution in [0.25, 0.3) is 0 Å². The van der Waals surface area contributed by atoms with Gasteiger partial charge in [-0.2, -0.15) is 5.10 Å². The van der Waals surface area contributed by atoms with Gasteiger partial charge < -0.3 is 10.6 Å². The maximum absolute atomic E-state index is 12.2. The molecule has 1 aliphatic carbocycles. The molecule has 0 saturated carbocycles. The first-order chi connectivity index (χ1) is 13.2. The molecule has 2 aromatic carbocycles. The Hall–Kier alpha value is -3.48. The molecule has 136 valence electrons. The molecule has 1 aliphatic rings. The number of rotatable bonds is 4. The maximum Gasteiger partial charge on any atom is 0.313 e. The summed E-state index contributed by atoms with van der Waals surface area (Å²) in [6, 6.07) is 15.3. The number of fused-ring (bicyclic) bond motifs is 1. The Morgan fingerprint density at radius 1 is 1.00 bits per heavy atom. The van der Waals surface area contributed by atoms with Crippen LogP contribution in [0.15, 0.2) is 61.2 Å². The lowest BCUT2D eigenvalue weighted by Gasteiger charge is -2.12. The van der Waals surface area contributed by atoms with Crippen LogP contribution < -0.4 is 10.6 Å². The van der Waals surface area contributed by atoms with Gasteiger partial charge in [-0.1, -0.05) is 36.4 Å². The van der Waals surface area contributed by atoms with Gasteiger partial charge in [-0.3, -0.25) is 9.59 Å². The molecule has 3 aromatic rings. The summed E-state index contributed by atoms with van der Waals surface area (Å²) >= 11 is 0. The largest absolute Gasteiger partial charge is 0.344 e. The van der Waals surface area contributed by atoms with Crippen molar-refractivity contribution in [2.45, 2.75) is 25.4 Å². The summed E-state index contributed by atoms with van der Waals surface area (Å²) in [6.45, 7) is 0.594. The van der Waals surface area contributed by atoms with E-state index >= 15 is 0 Å². The van der Waals surface area contributed by atoms with Gasteiger partial charge in [-0.05, 0) is 41.7 Å². The monoisotopic (exact) mass is 361 g/mol. The van der Waals surface area contributed by atoms with Gasteiger partial charge in [0.2, 0.25) is 0 Å². The zero-order valence-corrected chi connectivity index (χ0v) is 14.6. The summed E-state index contributed by atoms with van der Waals surface area (Å²) < 4.78 is 1.71. The van der Waals surface area contributed by atoms with Gasteiger partial charge in [-0.25, -0.2) is 9.67 Å². The van der Waals surface area contributed by atoms with Crippen LogP contribution in [0.4, 0.5) is 5.69 Å². The van der Waals surface area contributed by atoms with Crippen LogP contribution in [0, 0.1) is 0 Å². The van der Waals surface area contributed by atoms with Crippen molar-refractivity contribution in [1.82, 2.24) is 20.1 Å². The highest BCUT2D eigenvalue weighted by Crippen LogP contribution is 2.21. The summed E-state index contributed by atoms with van der Waals surface area (Å²) in [6.07, 6.45) is 4.63. The third-order valence-electron chi connectivity index (χ3n) is 4.62. The fourth-order valence-electron chi connectivity index (χ4n) is 3.29. The van der Waals surface area contributed by atoms with Gasteiger partial charge in [0.1, 0.15) is 12.7 Å². The van der Waals surface area contributed by atoms with E-state index < -0.39 is 11.8 Å². The molecule has 0 spiro atoms. The Labute approximate surface area is 156 Å². The van der Waals surface area contributed by atoms with Crippen molar-refractivity contribution >= 4 is 17.5 Å². The lowest BCUT2D eigenvalue weighted by Crippen LogP contribution is -2.42. The molecule has 0 atom stereocenters. The Morgan fingerprint density at radius 3 is 2.33 bits per heavy atom. The van der Waals surface area contributed by atoms with E-state index in [1.54, 1.807) is 23.1 Å². The number of aromatic nitrogens is 3. The number of anilines is 1. The zero-order valence-electron chi connectivity index (χ0n) is 14.6. The molecule has 27 heavy (non-hydrogen) atoms. The van der Waals surface area contributed by atoms with E-state index in [1.807, 2.05) is 24.3 Å². The van der Waals surface area contributed by atoms with Crippen LogP contribution >= 0.6 is 0 Å². The number of amides is 2. The molecule has 0 saturated heterocycles. The van der Waals surface area contributed by atoms with Gasteiger partial charge >= 0.3 is 11.8 Å². The van der Waals surface area contributed by atoms with Gasteiger partial charge in [0.25, 0.3) is 0 Å². The second-order valence-electron chi connectivity index (χ2n) is 6.59. The SMILES string of the molecule is O=C(Nc1ccc(Cn2cncn2)cc1)C(=O)NC1Cc2ccccc2C1. The number of hydrogen-bond acceptors (Lipinski definition) is 4. The predicted octanol–water partition coefficient (Wildman–Crippen LogP) is 1.55. The highest BCUT2D eigenvalue weighted by atomic mass is 16.2. The zero-order chi connectivity index (χ0) is 18.6. The molecule has 2 amide bonds.